The Hall–Kier alpha value is -3.19. The molecule has 29 heavy (non-hydrogen) atoms. The number of benzene rings is 1. The number of aromatic amines is 1. The van der Waals surface area contributed by atoms with Gasteiger partial charge in [0.15, 0.2) is 0 Å². The Labute approximate surface area is 168 Å². The normalized spacial score (nSPS) is 15.8. The van der Waals surface area contributed by atoms with Crippen LogP contribution in [0.15, 0.2) is 42.9 Å². The first-order valence-electron chi connectivity index (χ1n) is 9.84. The van der Waals surface area contributed by atoms with Crippen LogP contribution in [-0.2, 0) is 0 Å². The minimum absolute atomic E-state index is 0.192. The zero-order chi connectivity index (χ0) is 19.8. The molecule has 7 nitrogen and oxygen atoms in total. The number of pyridine rings is 1. The summed E-state index contributed by atoms with van der Waals surface area (Å²) in [5.74, 6) is 1.25. The molecular weight excluding hydrogens is 366 g/mol. The van der Waals surface area contributed by atoms with Crippen molar-refractivity contribution in [1.82, 2.24) is 24.8 Å². The van der Waals surface area contributed by atoms with Crippen LogP contribution in [0.5, 0.6) is 11.8 Å². The van der Waals surface area contributed by atoms with Gasteiger partial charge in [-0.2, -0.15) is 4.98 Å². The van der Waals surface area contributed by atoms with Crippen LogP contribution in [0.2, 0.25) is 0 Å². The lowest BCUT2D eigenvalue weighted by molar-refractivity contribution is 0.111. The number of rotatable bonds is 4. The molecule has 0 saturated carbocycles. The number of ether oxygens (including phenoxy) is 2. The molecule has 148 valence electrons. The van der Waals surface area contributed by atoms with Crippen LogP contribution in [0.25, 0.3) is 33.1 Å². The van der Waals surface area contributed by atoms with E-state index >= 15 is 0 Å². The molecule has 0 radical (unpaired) electrons. The Morgan fingerprint density at radius 2 is 1.93 bits per heavy atom. The molecule has 4 aromatic rings. The number of aromatic nitrogens is 4. The third-order valence-electron chi connectivity index (χ3n) is 5.58. The number of likely N-dealkylation sites (tertiary alicyclic amines) is 1. The van der Waals surface area contributed by atoms with E-state index in [1.807, 2.05) is 24.4 Å². The predicted molar refractivity (Wildman–Crippen MR) is 112 cm³/mol. The second-order valence-electron chi connectivity index (χ2n) is 7.48. The Kier molecular flexibility index (Phi) is 4.52. The molecule has 7 heteroatoms. The number of methoxy groups -OCH3 is 1. The minimum atomic E-state index is 0.192. The summed E-state index contributed by atoms with van der Waals surface area (Å²) in [6, 6.07) is 10.1. The van der Waals surface area contributed by atoms with E-state index in [4.69, 9.17) is 9.47 Å². The van der Waals surface area contributed by atoms with Crippen molar-refractivity contribution in [2.45, 2.75) is 18.9 Å². The highest BCUT2D eigenvalue weighted by atomic mass is 16.5. The summed E-state index contributed by atoms with van der Waals surface area (Å²) >= 11 is 0. The van der Waals surface area contributed by atoms with E-state index in [0.29, 0.717) is 11.8 Å². The van der Waals surface area contributed by atoms with Crippen molar-refractivity contribution in [1.29, 1.82) is 0 Å². The molecule has 1 aromatic carbocycles. The van der Waals surface area contributed by atoms with Gasteiger partial charge in [0, 0.05) is 36.3 Å². The molecule has 1 aliphatic heterocycles. The summed E-state index contributed by atoms with van der Waals surface area (Å²) in [5.41, 5.74) is 3.82. The van der Waals surface area contributed by atoms with Gasteiger partial charge in [-0.25, -0.2) is 9.97 Å². The minimum Gasteiger partial charge on any atom is -0.481 e. The number of hydrogen-bond acceptors (Lipinski definition) is 6. The van der Waals surface area contributed by atoms with Gasteiger partial charge in [0.2, 0.25) is 11.8 Å². The van der Waals surface area contributed by atoms with E-state index in [0.717, 1.165) is 59.0 Å². The smallest absolute Gasteiger partial charge is 0.224 e. The van der Waals surface area contributed by atoms with E-state index in [1.54, 1.807) is 13.4 Å². The molecule has 1 saturated heterocycles. The van der Waals surface area contributed by atoms with Crippen molar-refractivity contribution in [3.63, 3.8) is 0 Å². The number of nitrogens with one attached hydrogen (secondary N) is 1. The Morgan fingerprint density at radius 1 is 1.07 bits per heavy atom. The molecule has 0 bridgehead atoms. The Balaban J connectivity index is 1.53. The molecule has 1 aliphatic rings. The maximum Gasteiger partial charge on any atom is 0.224 e. The highest BCUT2D eigenvalue weighted by Crippen LogP contribution is 2.33. The first-order valence-corrected chi connectivity index (χ1v) is 9.84. The predicted octanol–water partition coefficient (Wildman–Crippen LogP) is 3.65. The van der Waals surface area contributed by atoms with Crippen LogP contribution in [-0.4, -0.2) is 58.2 Å². The van der Waals surface area contributed by atoms with E-state index < -0.39 is 0 Å². The van der Waals surface area contributed by atoms with Crippen molar-refractivity contribution in [3.05, 3.63) is 42.9 Å². The van der Waals surface area contributed by atoms with Crippen molar-refractivity contribution >= 4 is 21.9 Å². The molecule has 1 N–H and O–H groups in total. The lowest BCUT2D eigenvalue weighted by Gasteiger charge is -2.29. The fourth-order valence-electron chi connectivity index (χ4n) is 3.89. The van der Waals surface area contributed by atoms with Crippen LogP contribution in [0.4, 0.5) is 0 Å². The fourth-order valence-corrected chi connectivity index (χ4v) is 3.89. The summed E-state index contributed by atoms with van der Waals surface area (Å²) in [5, 5.41) is 1.97. The van der Waals surface area contributed by atoms with Gasteiger partial charge < -0.3 is 19.4 Å². The SMILES string of the molecule is COc1ccc2c(-c3ccc4ncnc(OC5CCN(C)CC5)c4c3)c[nH]c2n1. The summed E-state index contributed by atoms with van der Waals surface area (Å²) in [7, 11) is 3.77. The average Bonchev–Trinajstić information content (AvgIpc) is 3.18. The summed E-state index contributed by atoms with van der Waals surface area (Å²) in [4.78, 5) is 18.9. The molecule has 0 aliphatic carbocycles. The van der Waals surface area contributed by atoms with Crippen LogP contribution in [0.3, 0.4) is 0 Å². The van der Waals surface area contributed by atoms with E-state index in [9.17, 15) is 0 Å². The Morgan fingerprint density at radius 3 is 2.76 bits per heavy atom. The molecule has 0 atom stereocenters. The summed E-state index contributed by atoms with van der Waals surface area (Å²) in [6.45, 7) is 2.09. The highest BCUT2D eigenvalue weighted by Gasteiger charge is 2.20. The molecule has 5 rings (SSSR count). The maximum absolute atomic E-state index is 6.29. The third-order valence-corrected chi connectivity index (χ3v) is 5.58. The lowest BCUT2D eigenvalue weighted by Crippen LogP contribution is -2.35. The van der Waals surface area contributed by atoms with Crippen LogP contribution >= 0.6 is 0 Å². The van der Waals surface area contributed by atoms with E-state index in [1.165, 1.54) is 0 Å². The molecular formula is C22H23N5O2. The van der Waals surface area contributed by atoms with Gasteiger partial charge in [-0.05, 0) is 43.7 Å². The van der Waals surface area contributed by atoms with Gasteiger partial charge in [0.1, 0.15) is 18.1 Å². The fraction of sp³-hybridized carbons (Fsp3) is 0.318. The monoisotopic (exact) mass is 389 g/mol. The van der Waals surface area contributed by atoms with Crippen molar-refractivity contribution in [3.8, 4) is 22.9 Å². The first-order chi connectivity index (χ1) is 14.2. The van der Waals surface area contributed by atoms with Crippen LogP contribution in [0, 0.1) is 0 Å². The quantitative estimate of drug-likeness (QED) is 0.574. The molecule has 0 spiro atoms. The number of fused-ring (bicyclic) bond motifs is 2. The Bertz CT molecular complexity index is 1160. The van der Waals surface area contributed by atoms with Gasteiger partial charge in [-0.3, -0.25) is 0 Å². The average molecular weight is 389 g/mol. The number of nitrogens with zero attached hydrogens (tertiary/aromatic N) is 4. The summed E-state index contributed by atoms with van der Waals surface area (Å²) in [6.07, 6.45) is 5.76. The standard InChI is InChI=1S/C22H23N5O2/c1-27-9-7-15(8-10-27)29-22-17-11-14(3-5-19(17)24-13-25-22)18-12-23-21-16(18)4-6-20(26-21)28-2/h3-6,11-13,15H,7-10H2,1-2H3,(H,23,26). The van der Waals surface area contributed by atoms with Crippen molar-refractivity contribution in [2.24, 2.45) is 0 Å². The van der Waals surface area contributed by atoms with Gasteiger partial charge in [0.05, 0.1) is 18.0 Å². The molecule has 4 heterocycles. The van der Waals surface area contributed by atoms with Gasteiger partial charge in [-0.15, -0.1) is 0 Å². The highest BCUT2D eigenvalue weighted by molar-refractivity contribution is 5.97. The molecule has 1 fully saturated rings. The second-order valence-corrected chi connectivity index (χ2v) is 7.48. The molecule has 0 amide bonds. The van der Waals surface area contributed by atoms with E-state index in [2.05, 4.69) is 44.0 Å². The number of H-pyrrole nitrogens is 1. The van der Waals surface area contributed by atoms with Gasteiger partial charge in [-0.1, -0.05) is 6.07 Å². The van der Waals surface area contributed by atoms with Crippen molar-refractivity contribution in [2.75, 3.05) is 27.2 Å². The first kappa shape index (κ1) is 17.9. The number of piperidine rings is 1. The molecule has 0 unspecified atom stereocenters. The van der Waals surface area contributed by atoms with Crippen molar-refractivity contribution < 1.29 is 9.47 Å². The summed E-state index contributed by atoms with van der Waals surface area (Å²) < 4.78 is 11.5. The van der Waals surface area contributed by atoms with E-state index in [-0.39, 0.29) is 6.10 Å². The van der Waals surface area contributed by atoms with Gasteiger partial charge in [0.25, 0.3) is 0 Å². The largest absolute Gasteiger partial charge is 0.481 e. The second kappa shape index (κ2) is 7.33. The molecule has 3 aromatic heterocycles. The zero-order valence-corrected chi connectivity index (χ0v) is 16.6. The zero-order valence-electron chi connectivity index (χ0n) is 16.6. The third kappa shape index (κ3) is 3.38. The van der Waals surface area contributed by atoms with Gasteiger partial charge >= 0.3 is 0 Å². The lowest BCUT2D eigenvalue weighted by atomic mass is 10.0. The topological polar surface area (TPSA) is 76.2 Å². The number of hydrogen-bond donors (Lipinski definition) is 1. The van der Waals surface area contributed by atoms with Crippen LogP contribution < -0.4 is 9.47 Å². The maximum atomic E-state index is 6.29. The van der Waals surface area contributed by atoms with Crippen LogP contribution in [0.1, 0.15) is 12.8 Å².